The average molecular weight is 552 g/mol. The van der Waals surface area contributed by atoms with E-state index in [0.29, 0.717) is 22.2 Å². The van der Waals surface area contributed by atoms with Crippen molar-refractivity contribution in [2.24, 2.45) is 0 Å². The molecule has 190 valence electrons. The zero-order valence-corrected chi connectivity index (χ0v) is 19.8. The lowest BCUT2D eigenvalue weighted by Gasteiger charge is -2.13. The Labute approximate surface area is 215 Å². The lowest BCUT2D eigenvalue weighted by Crippen LogP contribution is -2.36. The molecule has 1 aliphatic rings. The lowest BCUT2D eigenvalue weighted by atomic mass is 10.1. The molecule has 1 fully saturated rings. The van der Waals surface area contributed by atoms with Gasteiger partial charge in [-0.15, -0.1) is 0 Å². The van der Waals surface area contributed by atoms with Crippen LogP contribution in [0.2, 0.25) is 5.02 Å². The van der Waals surface area contributed by atoms with E-state index < -0.39 is 40.3 Å². The van der Waals surface area contributed by atoms with Gasteiger partial charge < -0.3 is 9.73 Å². The molecule has 37 heavy (non-hydrogen) atoms. The minimum Gasteiger partial charge on any atom is -0.457 e. The molecule has 3 amide bonds. The van der Waals surface area contributed by atoms with Crippen LogP contribution in [0.3, 0.4) is 0 Å². The van der Waals surface area contributed by atoms with Crippen LogP contribution in [0.4, 0.5) is 29.3 Å². The zero-order valence-electron chi connectivity index (χ0n) is 18.2. The van der Waals surface area contributed by atoms with Gasteiger partial charge in [0.25, 0.3) is 16.8 Å². The molecular weight excluding hydrogens is 539 g/mol. The van der Waals surface area contributed by atoms with Crippen molar-refractivity contribution < 1.29 is 36.9 Å². The second-order valence-electron chi connectivity index (χ2n) is 7.52. The van der Waals surface area contributed by atoms with E-state index in [2.05, 4.69) is 5.32 Å². The molecule has 1 saturated heterocycles. The maximum Gasteiger partial charge on any atom is 0.416 e. The monoisotopic (exact) mass is 551 g/mol. The molecule has 0 unspecified atom stereocenters. The third kappa shape index (κ3) is 5.84. The first-order valence-corrected chi connectivity index (χ1v) is 11.4. The molecule has 4 rings (SSSR count). The number of amides is 3. The summed E-state index contributed by atoms with van der Waals surface area (Å²) in [6, 6.07) is 11.0. The largest absolute Gasteiger partial charge is 0.457 e. The summed E-state index contributed by atoms with van der Waals surface area (Å²) in [5.41, 5.74) is -1.07. The molecule has 1 N–H and O–H groups in total. The predicted molar refractivity (Wildman–Crippen MR) is 129 cm³/mol. The Kier molecular flexibility index (Phi) is 7.09. The van der Waals surface area contributed by atoms with Gasteiger partial charge in [-0.25, -0.2) is 0 Å². The molecule has 2 aromatic carbocycles. The second-order valence-corrected chi connectivity index (χ2v) is 8.92. The van der Waals surface area contributed by atoms with Gasteiger partial charge in [0, 0.05) is 23.4 Å². The molecule has 0 atom stereocenters. The van der Waals surface area contributed by atoms with Gasteiger partial charge in [-0.1, -0.05) is 17.7 Å². The van der Waals surface area contributed by atoms with Crippen LogP contribution >= 0.6 is 23.4 Å². The van der Waals surface area contributed by atoms with Crippen molar-refractivity contribution in [3.63, 3.8) is 0 Å². The summed E-state index contributed by atoms with van der Waals surface area (Å²) in [5.74, 6) is -1.26. The van der Waals surface area contributed by atoms with Crippen molar-refractivity contribution >= 4 is 57.9 Å². The van der Waals surface area contributed by atoms with Crippen LogP contribution in [0, 0.1) is 10.1 Å². The summed E-state index contributed by atoms with van der Waals surface area (Å²) in [6.07, 6.45) is -3.34. The molecule has 0 saturated carbocycles. The number of halogens is 4. The first-order valence-electron chi connectivity index (χ1n) is 10.2. The second kappa shape index (κ2) is 10.1. The van der Waals surface area contributed by atoms with E-state index in [-0.39, 0.29) is 32.8 Å². The zero-order chi connectivity index (χ0) is 26.9. The Bertz CT molecular complexity index is 1470. The van der Waals surface area contributed by atoms with E-state index in [4.69, 9.17) is 16.0 Å². The smallest absolute Gasteiger partial charge is 0.416 e. The quantitative estimate of drug-likeness (QED) is 0.220. The molecule has 2 heterocycles. The summed E-state index contributed by atoms with van der Waals surface area (Å²) in [7, 11) is 0. The molecule has 3 aromatic rings. The maximum atomic E-state index is 12.9. The van der Waals surface area contributed by atoms with Gasteiger partial charge in [0.2, 0.25) is 5.91 Å². The van der Waals surface area contributed by atoms with Gasteiger partial charge in [0.1, 0.15) is 23.1 Å². The van der Waals surface area contributed by atoms with Crippen LogP contribution in [-0.4, -0.2) is 33.4 Å². The molecule has 0 bridgehead atoms. The van der Waals surface area contributed by atoms with Gasteiger partial charge in [-0.2, -0.15) is 13.2 Å². The standard InChI is InChI=1S/C23H13ClF3N3O6S/c24-16-6-4-12(8-17(16)30(34)35)18-7-5-15(36-18)10-19-21(32)29(22(33)37-19)11-20(31)28-14-3-1-2-13(9-14)23(25,26)27/h1-10H,11H2,(H,28,31)/b19-10-. The number of nitro groups is 1. The fourth-order valence-corrected chi connectivity index (χ4v) is 4.28. The van der Waals surface area contributed by atoms with Gasteiger partial charge in [-0.3, -0.25) is 29.4 Å². The van der Waals surface area contributed by atoms with Crippen LogP contribution in [0.5, 0.6) is 0 Å². The van der Waals surface area contributed by atoms with E-state index in [1.807, 2.05) is 0 Å². The van der Waals surface area contributed by atoms with Gasteiger partial charge >= 0.3 is 6.18 Å². The molecule has 0 radical (unpaired) electrons. The fourth-order valence-electron chi connectivity index (χ4n) is 3.27. The molecule has 1 aromatic heterocycles. The Morgan fingerprint density at radius 1 is 1.16 bits per heavy atom. The molecular formula is C23H13ClF3N3O6S. The highest BCUT2D eigenvalue weighted by atomic mass is 35.5. The van der Waals surface area contributed by atoms with Crippen molar-refractivity contribution in [1.82, 2.24) is 4.90 Å². The average Bonchev–Trinajstić information content (AvgIpc) is 3.39. The van der Waals surface area contributed by atoms with Crippen LogP contribution in [0.1, 0.15) is 11.3 Å². The first kappa shape index (κ1) is 26.0. The highest BCUT2D eigenvalue weighted by Crippen LogP contribution is 2.35. The molecule has 9 nitrogen and oxygen atoms in total. The van der Waals surface area contributed by atoms with Crippen LogP contribution in [-0.2, 0) is 15.8 Å². The molecule has 0 spiro atoms. The maximum absolute atomic E-state index is 12.9. The number of nitrogens with zero attached hydrogens (tertiary/aromatic N) is 2. The van der Waals surface area contributed by atoms with E-state index in [1.165, 1.54) is 42.5 Å². The number of imide groups is 1. The number of anilines is 1. The Morgan fingerprint density at radius 2 is 1.92 bits per heavy atom. The van der Waals surface area contributed by atoms with E-state index in [0.717, 1.165) is 18.2 Å². The highest BCUT2D eigenvalue weighted by Gasteiger charge is 2.37. The number of thioether (sulfide) groups is 1. The summed E-state index contributed by atoms with van der Waals surface area (Å²) in [6.45, 7) is -0.712. The highest BCUT2D eigenvalue weighted by molar-refractivity contribution is 8.18. The van der Waals surface area contributed by atoms with E-state index in [1.54, 1.807) is 0 Å². The third-order valence-corrected chi connectivity index (χ3v) is 6.20. The van der Waals surface area contributed by atoms with Crippen molar-refractivity contribution in [1.29, 1.82) is 0 Å². The number of furan rings is 1. The molecule has 14 heteroatoms. The number of benzene rings is 2. The number of alkyl halides is 3. The third-order valence-electron chi connectivity index (χ3n) is 4.98. The number of rotatable bonds is 6. The summed E-state index contributed by atoms with van der Waals surface area (Å²) in [5, 5.41) is 12.5. The van der Waals surface area contributed by atoms with Gasteiger partial charge in [0.15, 0.2) is 0 Å². The first-order chi connectivity index (χ1) is 17.4. The summed E-state index contributed by atoms with van der Waals surface area (Å²) < 4.78 is 44.2. The summed E-state index contributed by atoms with van der Waals surface area (Å²) in [4.78, 5) is 48.3. The Hall–Kier alpha value is -4.10. The predicted octanol–water partition coefficient (Wildman–Crippen LogP) is 6.20. The number of carbonyl (C=O) groups is 3. The number of nitro benzene ring substituents is 1. The number of carbonyl (C=O) groups excluding carboxylic acids is 3. The minimum atomic E-state index is -4.61. The summed E-state index contributed by atoms with van der Waals surface area (Å²) >= 11 is 6.36. The lowest BCUT2D eigenvalue weighted by molar-refractivity contribution is -0.384. The fraction of sp³-hybridized carbons (Fsp3) is 0.0870. The topological polar surface area (TPSA) is 123 Å². The van der Waals surface area contributed by atoms with Crippen molar-refractivity contribution in [3.8, 4) is 11.3 Å². The van der Waals surface area contributed by atoms with Crippen molar-refractivity contribution in [2.75, 3.05) is 11.9 Å². The van der Waals surface area contributed by atoms with Crippen molar-refractivity contribution in [2.45, 2.75) is 6.18 Å². The van der Waals surface area contributed by atoms with Gasteiger partial charge in [-0.05, 0) is 54.2 Å². The van der Waals surface area contributed by atoms with Crippen LogP contribution < -0.4 is 5.32 Å². The molecule has 1 aliphatic heterocycles. The number of hydrogen-bond acceptors (Lipinski definition) is 7. The Morgan fingerprint density at radius 3 is 2.62 bits per heavy atom. The Balaban J connectivity index is 1.46. The number of nitrogens with one attached hydrogen (secondary N) is 1. The van der Waals surface area contributed by atoms with Crippen LogP contribution in [0.25, 0.3) is 17.4 Å². The SMILES string of the molecule is O=C(CN1C(=O)S/C(=C\c2ccc(-c3ccc(Cl)c([N+](=O)[O-])c3)o2)C1=O)Nc1cccc(C(F)(F)F)c1. The minimum absolute atomic E-state index is 0.0497. The number of hydrogen-bond donors (Lipinski definition) is 1. The van der Waals surface area contributed by atoms with E-state index in [9.17, 15) is 37.7 Å². The molecule has 0 aliphatic carbocycles. The normalized spacial score (nSPS) is 14.9. The van der Waals surface area contributed by atoms with Crippen LogP contribution in [0.15, 0.2) is 63.9 Å². The van der Waals surface area contributed by atoms with Gasteiger partial charge in [0.05, 0.1) is 15.4 Å². The van der Waals surface area contributed by atoms with E-state index >= 15 is 0 Å². The van der Waals surface area contributed by atoms with Crippen molar-refractivity contribution in [3.05, 3.63) is 86.0 Å².